The number of para-hydroxylation sites is 1. The molecule has 0 saturated heterocycles. The zero-order chi connectivity index (χ0) is 22.5. The monoisotopic (exact) mass is 470 g/mol. The number of carbonyl (C=O) groups is 1. The van der Waals surface area contributed by atoms with Crippen molar-refractivity contribution in [2.24, 2.45) is 0 Å². The van der Waals surface area contributed by atoms with Gasteiger partial charge in [0.15, 0.2) is 5.82 Å². The van der Waals surface area contributed by atoms with Crippen molar-refractivity contribution in [2.45, 2.75) is 6.54 Å². The topological polar surface area (TPSA) is 67.6 Å². The van der Waals surface area contributed by atoms with Crippen LogP contribution in [0.2, 0.25) is 5.02 Å². The molecule has 5 aromatic rings. The zero-order valence-corrected chi connectivity index (χ0v) is 18.7. The van der Waals surface area contributed by atoms with Gasteiger partial charge in [-0.2, -0.15) is 9.50 Å². The van der Waals surface area contributed by atoms with Gasteiger partial charge in [0.05, 0.1) is 17.8 Å². The van der Waals surface area contributed by atoms with E-state index in [0.29, 0.717) is 32.5 Å². The molecule has 0 aliphatic carbocycles. The highest BCUT2D eigenvalue weighted by atomic mass is 35.5. The molecule has 0 fully saturated rings. The van der Waals surface area contributed by atoms with Crippen LogP contribution in [-0.2, 0) is 11.3 Å². The van der Waals surface area contributed by atoms with Gasteiger partial charge in [0, 0.05) is 16.1 Å². The quantitative estimate of drug-likeness (QED) is 0.400. The van der Waals surface area contributed by atoms with Crippen LogP contribution in [0.5, 0.6) is 0 Å². The number of benzene rings is 3. The van der Waals surface area contributed by atoms with Crippen LogP contribution in [0.15, 0.2) is 83.7 Å². The van der Waals surface area contributed by atoms with Gasteiger partial charge in [-0.3, -0.25) is 9.59 Å². The average molecular weight is 471 g/mol. The molecule has 0 atom stereocenters. The Balaban J connectivity index is 1.51. The number of hydrogen-bond donors (Lipinski definition) is 0. The van der Waals surface area contributed by atoms with E-state index in [1.807, 2.05) is 72.8 Å². The summed E-state index contributed by atoms with van der Waals surface area (Å²) in [6, 6.07) is 24.4. The minimum atomic E-state index is -0.345. The summed E-state index contributed by atoms with van der Waals surface area (Å²) in [5, 5.41) is 4.99. The first-order chi connectivity index (χ1) is 16.1. The van der Waals surface area contributed by atoms with E-state index in [4.69, 9.17) is 11.6 Å². The fourth-order valence-corrected chi connectivity index (χ4v) is 5.24. The number of halogens is 1. The van der Waals surface area contributed by atoms with Crippen LogP contribution < -0.4 is 15.0 Å². The van der Waals surface area contributed by atoms with Gasteiger partial charge in [-0.25, -0.2) is 0 Å². The van der Waals surface area contributed by atoms with Crippen LogP contribution in [0.3, 0.4) is 0 Å². The van der Waals surface area contributed by atoms with Crippen molar-refractivity contribution in [1.29, 1.82) is 0 Å². The lowest BCUT2D eigenvalue weighted by atomic mass is 10.1. The van der Waals surface area contributed by atoms with E-state index in [0.717, 1.165) is 22.4 Å². The number of anilines is 1. The Labute approximate surface area is 197 Å². The Morgan fingerprint density at radius 1 is 0.879 bits per heavy atom. The first kappa shape index (κ1) is 19.8. The molecule has 2 aromatic heterocycles. The molecular formula is C25H15ClN4O2S. The van der Waals surface area contributed by atoms with Gasteiger partial charge in [-0.1, -0.05) is 89.7 Å². The highest BCUT2D eigenvalue weighted by molar-refractivity contribution is 7.15. The van der Waals surface area contributed by atoms with Crippen molar-refractivity contribution in [3.8, 4) is 11.4 Å². The molecule has 0 unspecified atom stereocenters. The highest BCUT2D eigenvalue weighted by Gasteiger charge is 2.34. The average Bonchev–Trinajstić information content (AvgIpc) is 3.47. The second kappa shape index (κ2) is 7.65. The molecule has 3 aromatic carbocycles. The number of carbonyl (C=O) groups excluding carboxylic acids is 1. The number of fused-ring (bicyclic) bond motifs is 2. The zero-order valence-electron chi connectivity index (χ0n) is 17.1. The smallest absolute Gasteiger partial charge is 0.291 e. The van der Waals surface area contributed by atoms with Gasteiger partial charge < -0.3 is 4.90 Å². The third-order valence-electron chi connectivity index (χ3n) is 5.63. The van der Waals surface area contributed by atoms with Gasteiger partial charge in [-0.05, 0) is 17.7 Å². The molecule has 6 rings (SSSR count). The Bertz CT molecular complexity index is 1660. The maximum Gasteiger partial charge on any atom is 0.291 e. The van der Waals surface area contributed by atoms with Crippen molar-refractivity contribution >= 4 is 45.1 Å². The lowest BCUT2D eigenvalue weighted by Crippen LogP contribution is -2.32. The van der Waals surface area contributed by atoms with Gasteiger partial charge in [-0.15, -0.1) is 5.10 Å². The van der Waals surface area contributed by atoms with Crippen molar-refractivity contribution in [1.82, 2.24) is 14.6 Å². The highest BCUT2D eigenvalue weighted by Crippen LogP contribution is 2.37. The number of aromatic nitrogens is 3. The molecule has 0 N–H and O–H groups in total. The fourth-order valence-electron chi connectivity index (χ4n) is 4.05. The van der Waals surface area contributed by atoms with Crippen LogP contribution in [-0.4, -0.2) is 20.5 Å². The number of rotatable bonds is 3. The van der Waals surface area contributed by atoms with Crippen LogP contribution in [0, 0.1) is 0 Å². The Hall–Kier alpha value is -3.81. The summed E-state index contributed by atoms with van der Waals surface area (Å²) in [7, 11) is 0. The third-order valence-corrected chi connectivity index (χ3v) is 7.02. The molecular weight excluding hydrogens is 456 g/mol. The number of thiazole rings is 1. The minimum Gasteiger partial charge on any atom is -0.303 e. The molecule has 3 heterocycles. The molecule has 6 nitrogen and oxygen atoms in total. The first-order valence-electron chi connectivity index (χ1n) is 10.3. The summed E-state index contributed by atoms with van der Waals surface area (Å²) in [5.41, 5.74) is 3.17. The Kier molecular flexibility index (Phi) is 4.60. The minimum absolute atomic E-state index is 0.235. The molecule has 8 heteroatoms. The second-order valence-electron chi connectivity index (χ2n) is 7.61. The molecule has 160 valence electrons. The SMILES string of the molecule is O=C1/C(=c2\sc3nc(-c4ccccc4)nn3c2=O)c2ccccc2N1Cc1ccccc1Cl. The van der Waals surface area contributed by atoms with E-state index < -0.39 is 0 Å². The van der Waals surface area contributed by atoms with Gasteiger partial charge in [0.25, 0.3) is 11.5 Å². The standard InChI is InChI=1S/C25H15ClN4O2S/c26-18-12-6-4-10-16(18)14-29-19-13-7-5-11-17(19)20(23(29)31)21-24(32)30-25(33-21)27-22(28-30)15-8-2-1-3-9-15/h1-13H,14H2/b21-20-. The maximum atomic E-state index is 13.6. The molecule has 0 radical (unpaired) electrons. The summed E-state index contributed by atoms with van der Waals surface area (Å²) in [6.45, 7) is 0.312. The molecule has 0 spiro atoms. The van der Waals surface area contributed by atoms with Gasteiger partial charge in [0.2, 0.25) is 4.96 Å². The van der Waals surface area contributed by atoms with E-state index in [1.54, 1.807) is 11.0 Å². The van der Waals surface area contributed by atoms with Crippen LogP contribution >= 0.6 is 22.9 Å². The summed E-state index contributed by atoms with van der Waals surface area (Å²) in [6.07, 6.45) is 0. The number of nitrogens with zero attached hydrogens (tertiary/aromatic N) is 4. The summed E-state index contributed by atoms with van der Waals surface area (Å²) >= 11 is 7.53. The maximum absolute atomic E-state index is 13.6. The van der Waals surface area contributed by atoms with Crippen molar-refractivity contribution < 1.29 is 4.79 Å². The van der Waals surface area contributed by atoms with Crippen molar-refractivity contribution in [3.63, 3.8) is 0 Å². The molecule has 1 aliphatic heterocycles. The molecule has 1 aliphatic rings. The van der Waals surface area contributed by atoms with E-state index in [9.17, 15) is 9.59 Å². The lowest BCUT2D eigenvalue weighted by Gasteiger charge is -2.17. The molecule has 0 bridgehead atoms. The second-order valence-corrected chi connectivity index (χ2v) is 8.99. The molecule has 33 heavy (non-hydrogen) atoms. The molecule has 1 amide bonds. The fraction of sp³-hybridized carbons (Fsp3) is 0.0400. The van der Waals surface area contributed by atoms with Gasteiger partial charge >= 0.3 is 0 Å². The molecule has 0 saturated carbocycles. The number of hydrogen-bond acceptors (Lipinski definition) is 5. The normalized spacial score (nSPS) is 14.8. The van der Waals surface area contributed by atoms with E-state index in [1.165, 1.54) is 15.9 Å². The Morgan fingerprint density at radius 2 is 1.61 bits per heavy atom. The lowest BCUT2D eigenvalue weighted by molar-refractivity contribution is -0.113. The third kappa shape index (κ3) is 3.16. The van der Waals surface area contributed by atoms with Gasteiger partial charge in [0.1, 0.15) is 4.53 Å². The summed E-state index contributed by atoms with van der Waals surface area (Å²) < 4.78 is 1.62. The number of amides is 1. The predicted molar refractivity (Wildman–Crippen MR) is 129 cm³/mol. The Morgan fingerprint density at radius 3 is 2.39 bits per heavy atom. The van der Waals surface area contributed by atoms with Crippen LogP contribution in [0.25, 0.3) is 21.9 Å². The van der Waals surface area contributed by atoms with E-state index >= 15 is 0 Å². The van der Waals surface area contributed by atoms with Crippen molar-refractivity contribution in [3.05, 3.63) is 110 Å². The van der Waals surface area contributed by atoms with Crippen molar-refractivity contribution in [2.75, 3.05) is 4.90 Å². The van der Waals surface area contributed by atoms with E-state index in [2.05, 4.69) is 10.1 Å². The van der Waals surface area contributed by atoms with Crippen LogP contribution in [0.4, 0.5) is 5.69 Å². The first-order valence-corrected chi connectivity index (χ1v) is 11.5. The van der Waals surface area contributed by atoms with Crippen LogP contribution in [0.1, 0.15) is 11.1 Å². The largest absolute Gasteiger partial charge is 0.303 e. The summed E-state index contributed by atoms with van der Waals surface area (Å²) in [4.78, 5) is 33.5. The summed E-state index contributed by atoms with van der Waals surface area (Å²) in [5.74, 6) is 0.245. The van der Waals surface area contributed by atoms with E-state index in [-0.39, 0.29) is 11.5 Å². The predicted octanol–water partition coefficient (Wildman–Crippen LogP) is 3.94.